The van der Waals surface area contributed by atoms with Crippen LogP contribution in [0.5, 0.6) is 0 Å². The van der Waals surface area contributed by atoms with Crippen molar-refractivity contribution in [2.24, 2.45) is 0 Å². The van der Waals surface area contributed by atoms with Crippen LogP contribution in [-0.2, 0) is 11.2 Å². The Morgan fingerprint density at radius 2 is 1.76 bits per heavy atom. The van der Waals surface area contributed by atoms with E-state index in [9.17, 15) is 9.18 Å². The number of nitrogens with zero attached hydrogens (tertiary/aromatic N) is 2. The van der Waals surface area contributed by atoms with Crippen molar-refractivity contribution in [3.8, 4) is 11.3 Å². The molecule has 2 N–H and O–H groups in total. The molecule has 5 nitrogen and oxygen atoms in total. The maximum Gasteiger partial charge on any atom is 0.228 e. The second-order valence-corrected chi connectivity index (χ2v) is 8.61. The van der Waals surface area contributed by atoms with Crippen molar-refractivity contribution in [3.05, 3.63) is 103 Å². The van der Waals surface area contributed by atoms with E-state index < -0.39 is 0 Å². The Bertz CT molecular complexity index is 1430. The molecule has 162 valence electrons. The highest BCUT2D eigenvalue weighted by molar-refractivity contribution is 7.99. The number of amides is 1. The summed E-state index contributed by atoms with van der Waals surface area (Å²) < 4.78 is 13.8. The van der Waals surface area contributed by atoms with Crippen molar-refractivity contribution in [2.45, 2.75) is 16.2 Å². The third kappa shape index (κ3) is 4.78. The lowest BCUT2D eigenvalue weighted by atomic mass is 10.1. The highest BCUT2D eigenvalue weighted by Crippen LogP contribution is 2.33. The summed E-state index contributed by atoms with van der Waals surface area (Å²) in [4.78, 5) is 18.5. The van der Waals surface area contributed by atoms with Gasteiger partial charge in [0.15, 0.2) is 0 Å². The predicted octanol–water partition coefficient (Wildman–Crippen LogP) is 6.10. The Labute approximate surface area is 194 Å². The molecule has 3 aromatic carbocycles. The summed E-state index contributed by atoms with van der Waals surface area (Å²) in [5, 5.41) is 11.5. The predicted molar refractivity (Wildman–Crippen MR) is 129 cm³/mol. The van der Waals surface area contributed by atoms with Crippen LogP contribution in [0.4, 0.5) is 10.1 Å². The fourth-order valence-electron chi connectivity index (χ4n) is 3.59. The van der Waals surface area contributed by atoms with Gasteiger partial charge in [0.2, 0.25) is 5.91 Å². The maximum absolute atomic E-state index is 13.8. The number of aromatic nitrogens is 3. The maximum atomic E-state index is 13.8. The monoisotopic (exact) mass is 454 g/mol. The van der Waals surface area contributed by atoms with Crippen LogP contribution >= 0.6 is 11.8 Å². The number of hydrogen-bond donors (Lipinski definition) is 2. The topological polar surface area (TPSA) is 70.7 Å². The minimum atomic E-state index is -0.377. The number of hydrogen-bond acceptors (Lipinski definition) is 4. The Kier molecular flexibility index (Phi) is 5.87. The molecule has 0 aliphatic heterocycles. The van der Waals surface area contributed by atoms with Crippen molar-refractivity contribution in [2.75, 3.05) is 5.32 Å². The number of rotatable bonds is 6. The minimum absolute atomic E-state index is 0.0135. The second-order valence-electron chi connectivity index (χ2n) is 7.46. The van der Waals surface area contributed by atoms with Crippen molar-refractivity contribution < 1.29 is 9.18 Å². The van der Waals surface area contributed by atoms with Crippen molar-refractivity contribution in [1.82, 2.24) is 15.2 Å². The number of anilines is 1. The van der Waals surface area contributed by atoms with Gasteiger partial charge in [-0.3, -0.25) is 14.9 Å². The molecule has 0 bridgehead atoms. The van der Waals surface area contributed by atoms with Gasteiger partial charge < -0.3 is 5.32 Å². The number of nitrogens with one attached hydrogen (secondary N) is 2. The summed E-state index contributed by atoms with van der Waals surface area (Å²) in [7, 11) is 0. The van der Waals surface area contributed by atoms with Crippen molar-refractivity contribution in [3.63, 3.8) is 0 Å². The standard InChI is InChI=1S/C26H19FN4OS/c27-23-7-2-1-4-18(23)14-25(32)29-19-5-3-6-20(15-19)33-21-8-9-22-24(16-21)30-31-26(22)17-10-12-28-13-11-17/h1-13,15-16H,14H2,(H,29,32)(H,30,31). The van der Waals surface area contributed by atoms with Gasteiger partial charge >= 0.3 is 0 Å². The molecule has 7 heteroatoms. The third-order valence-electron chi connectivity index (χ3n) is 5.15. The average Bonchev–Trinajstić information content (AvgIpc) is 3.25. The largest absolute Gasteiger partial charge is 0.326 e. The molecule has 0 radical (unpaired) electrons. The molecule has 1 amide bonds. The van der Waals surface area contributed by atoms with E-state index in [0.717, 1.165) is 32.0 Å². The Balaban J connectivity index is 1.30. The van der Waals surface area contributed by atoms with Crippen LogP contribution in [0.25, 0.3) is 22.2 Å². The normalized spacial score (nSPS) is 10.9. The van der Waals surface area contributed by atoms with E-state index in [-0.39, 0.29) is 18.1 Å². The van der Waals surface area contributed by atoms with Gasteiger partial charge in [-0.05, 0) is 60.2 Å². The van der Waals surface area contributed by atoms with E-state index >= 15 is 0 Å². The minimum Gasteiger partial charge on any atom is -0.326 e. The number of H-pyrrole nitrogens is 1. The van der Waals surface area contributed by atoms with E-state index in [1.807, 2.05) is 36.4 Å². The molecule has 0 unspecified atom stereocenters. The summed E-state index contributed by atoms with van der Waals surface area (Å²) in [5.41, 5.74) is 3.89. The zero-order valence-electron chi connectivity index (χ0n) is 17.5. The zero-order valence-corrected chi connectivity index (χ0v) is 18.3. The fraction of sp³-hybridized carbons (Fsp3) is 0.0385. The first-order valence-corrected chi connectivity index (χ1v) is 11.2. The Morgan fingerprint density at radius 3 is 2.61 bits per heavy atom. The lowest BCUT2D eigenvalue weighted by Gasteiger charge is -2.08. The molecule has 0 saturated heterocycles. The summed E-state index contributed by atoms with van der Waals surface area (Å²) in [6, 6.07) is 23.9. The van der Waals surface area contributed by atoms with Crippen LogP contribution in [0.1, 0.15) is 5.56 Å². The summed E-state index contributed by atoms with van der Waals surface area (Å²) in [5.74, 6) is -0.636. The van der Waals surface area contributed by atoms with Crippen molar-refractivity contribution >= 4 is 34.3 Å². The number of halogens is 1. The molecule has 33 heavy (non-hydrogen) atoms. The third-order valence-corrected chi connectivity index (χ3v) is 6.13. The van der Waals surface area contributed by atoms with E-state index in [1.165, 1.54) is 6.07 Å². The molecule has 0 fully saturated rings. The SMILES string of the molecule is O=C(Cc1ccccc1F)Nc1cccc(Sc2ccc3c(-c4ccncc4)n[nH]c3c2)c1. The van der Waals surface area contributed by atoms with Crippen LogP contribution in [-0.4, -0.2) is 21.1 Å². The van der Waals surface area contributed by atoms with E-state index in [1.54, 1.807) is 42.4 Å². The molecule has 5 aromatic rings. The van der Waals surface area contributed by atoms with Crippen LogP contribution in [0.3, 0.4) is 0 Å². The van der Waals surface area contributed by atoms with Crippen LogP contribution in [0.2, 0.25) is 0 Å². The van der Waals surface area contributed by atoms with Crippen LogP contribution in [0, 0.1) is 5.82 Å². The van der Waals surface area contributed by atoms with Gasteiger partial charge in [-0.1, -0.05) is 36.0 Å². The van der Waals surface area contributed by atoms with Gasteiger partial charge in [-0.25, -0.2) is 4.39 Å². The number of fused-ring (bicyclic) bond motifs is 1. The highest BCUT2D eigenvalue weighted by Gasteiger charge is 2.11. The van der Waals surface area contributed by atoms with Crippen LogP contribution in [0.15, 0.2) is 101 Å². The second kappa shape index (κ2) is 9.26. The first kappa shape index (κ1) is 20.9. The van der Waals surface area contributed by atoms with Gasteiger partial charge in [0.05, 0.1) is 11.9 Å². The highest BCUT2D eigenvalue weighted by atomic mass is 32.2. The molecule has 0 saturated carbocycles. The number of carbonyl (C=O) groups is 1. The molecule has 2 aromatic heterocycles. The number of benzene rings is 3. The first-order valence-electron chi connectivity index (χ1n) is 10.4. The summed E-state index contributed by atoms with van der Waals surface area (Å²) in [6.07, 6.45) is 3.49. The van der Waals surface area contributed by atoms with E-state index in [4.69, 9.17) is 0 Å². The van der Waals surface area contributed by atoms with Gasteiger partial charge in [-0.15, -0.1) is 0 Å². The first-order chi connectivity index (χ1) is 16.2. The summed E-state index contributed by atoms with van der Waals surface area (Å²) >= 11 is 1.59. The number of carbonyl (C=O) groups excluding carboxylic acids is 1. The average molecular weight is 455 g/mol. The lowest BCUT2D eigenvalue weighted by Crippen LogP contribution is -2.15. The zero-order chi connectivity index (χ0) is 22.6. The van der Waals surface area contributed by atoms with Gasteiger partial charge in [0, 0.05) is 38.8 Å². The molecular weight excluding hydrogens is 435 g/mol. The van der Waals surface area contributed by atoms with E-state index in [2.05, 4.69) is 38.7 Å². The summed E-state index contributed by atoms with van der Waals surface area (Å²) in [6.45, 7) is 0. The lowest BCUT2D eigenvalue weighted by molar-refractivity contribution is -0.115. The fourth-order valence-corrected chi connectivity index (χ4v) is 4.50. The molecular formula is C26H19FN4OS. The molecule has 2 heterocycles. The molecule has 5 rings (SSSR count). The Morgan fingerprint density at radius 1 is 0.939 bits per heavy atom. The number of aromatic amines is 1. The van der Waals surface area contributed by atoms with Gasteiger partial charge in [-0.2, -0.15) is 5.10 Å². The van der Waals surface area contributed by atoms with Gasteiger partial charge in [0.1, 0.15) is 11.5 Å². The molecule has 0 spiro atoms. The van der Waals surface area contributed by atoms with E-state index in [0.29, 0.717) is 11.3 Å². The molecule has 0 aliphatic carbocycles. The number of pyridine rings is 1. The Hall–Kier alpha value is -3.97. The molecule has 0 atom stereocenters. The van der Waals surface area contributed by atoms with Crippen LogP contribution < -0.4 is 5.32 Å². The van der Waals surface area contributed by atoms with Gasteiger partial charge in [0.25, 0.3) is 0 Å². The quantitative estimate of drug-likeness (QED) is 0.325. The molecule has 0 aliphatic rings. The van der Waals surface area contributed by atoms with Crippen molar-refractivity contribution in [1.29, 1.82) is 0 Å². The smallest absolute Gasteiger partial charge is 0.228 e.